The summed E-state index contributed by atoms with van der Waals surface area (Å²) in [5.41, 5.74) is 2.22. The number of hydrogen-bond donors (Lipinski definition) is 2. The highest BCUT2D eigenvalue weighted by atomic mass is 19.1. The fourth-order valence-corrected chi connectivity index (χ4v) is 2.81. The largest absolute Gasteiger partial charge is 0.374 e. The van der Waals surface area contributed by atoms with E-state index in [4.69, 9.17) is 0 Å². The average molecular weight is 342 g/mol. The lowest BCUT2D eigenvalue weighted by molar-refractivity contribution is -0.114. The van der Waals surface area contributed by atoms with Gasteiger partial charge < -0.3 is 20.4 Å². The molecule has 1 aliphatic heterocycles. The van der Waals surface area contributed by atoms with Crippen LogP contribution in [0.1, 0.15) is 0 Å². The van der Waals surface area contributed by atoms with E-state index in [9.17, 15) is 9.18 Å². The van der Waals surface area contributed by atoms with Crippen LogP contribution < -0.4 is 15.5 Å². The molecule has 0 aliphatic carbocycles. The van der Waals surface area contributed by atoms with Gasteiger partial charge in [-0.25, -0.2) is 4.39 Å². The van der Waals surface area contributed by atoms with Crippen molar-refractivity contribution >= 4 is 23.0 Å². The number of carbonyl (C=O) groups is 1. The smallest absolute Gasteiger partial charge is 0.243 e. The first-order valence-corrected chi connectivity index (χ1v) is 8.43. The Hall–Kier alpha value is -2.60. The standard InChI is InChI=1S/C19H23FN4O/c1-23-10-12-24(13-11-23)16-8-6-15(7-9-16)22-19(25)14-21-18-5-3-2-4-17(18)20/h2-9,21H,10-14H2,1H3,(H,22,25). The van der Waals surface area contributed by atoms with Gasteiger partial charge in [0.15, 0.2) is 0 Å². The number of halogens is 1. The van der Waals surface area contributed by atoms with Crippen molar-refractivity contribution in [2.75, 3.05) is 55.3 Å². The molecule has 5 nitrogen and oxygen atoms in total. The predicted molar refractivity (Wildman–Crippen MR) is 99.7 cm³/mol. The third-order valence-electron chi connectivity index (χ3n) is 4.33. The third kappa shape index (κ3) is 4.70. The van der Waals surface area contributed by atoms with Crippen LogP contribution in [0.3, 0.4) is 0 Å². The molecule has 1 saturated heterocycles. The first-order valence-electron chi connectivity index (χ1n) is 8.43. The van der Waals surface area contributed by atoms with Crippen LogP contribution in [0.2, 0.25) is 0 Å². The number of anilines is 3. The molecular formula is C19H23FN4O. The molecule has 1 fully saturated rings. The second kappa shape index (κ2) is 7.98. The Morgan fingerprint density at radius 3 is 2.40 bits per heavy atom. The second-order valence-corrected chi connectivity index (χ2v) is 6.22. The summed E-state index contributed by atoms with van der Waals surface area (Å²) in [5.74, 6) is -0.581. The molecule has 0 radical (unpaired) electrons. The summed E-state index contributed by atoms with van der Waals surface area (Å²) in [6.07, 6.45) is 0. The SMILES string of the molecule is CN1CCN(c2ccc(NC(=O)CNc3ccccc3F)cc2)CC1. The Bertz CT molecular complexity index is 712. The van der Waals surface area contributed by atoms with Crippen molar-refractivity contribution in [3.8, 4) is 0 Å². The van der Waals surface area contributed by atoms with Crippen molar-refractivity contribution in [2.24, 2.45) is 0 Å². The molecule has 0 spiro atoms. The Morgan fingerprint density at radius 1 is 1.04 bits per heavy atom. The summed E-state index contributed by atoms with van der Waals surface area (Å²) < 4.78 is 13.5. The van der Waals surface area contributed by atoms with Crippen molar-refractivity contribution in [2.45, 2.75) is 0 Å². The van der Waals surface area contributed by atoms with E-state index in [1.807, 2.05) is 24.3 Å². The molecule has 0 atom stereocenters. The molecule has 2 aromatic rings. The lowest BCUT2D eigenvalue weighted by Crippen LogP contribution is -2.44. The molecular weight excluding hydrogens is 319 g/mol. The minimum Gasteiger partial charge on any atom is -0.374 e. The molecule has 0 saturated carbocycles. The zero-order valence-electron chi connectivity index (χ0n) is 14.3. The fourth-order valence-electron chi connectivity index (χ4n) is 2.81. The molecule has 0 bridgehead atoms. The van der Waals surface area contributed by atoms with Gasteiger partial charge in [0, 0.05) is 37.6 Å². The van der Waals surface area contributed by atoms with Crippen LogP contribution in [0.5, 0.6) is 0 Å². The van der Waals surface area contributed by atoms with E-state index in [1.54, 1.807) is 18.2 Å². The van der Waals surface area contributed by atoms with Crippen molar-refractivity contribution < 1.29 is 9.18 Å². The maximum atomic E-state index is 13.5. The van der Waals surface area contributed by atoms with Gasteiger partial charge in [-0.15, -0.1) is 0 Å². The Balaban J connectivity index is 1.51. The molecule has 132 valence electrons. The number of benzene rings is 2. The van der Waals surface area contributed by atoms with Crippen LogP contribution in [0.15, 0.2) is 48.5 Å². The van der Waals surface area contributed by atoms with Crippen molar-refractivity contribution in [3.63, 3.8) is 0 Å². The summed E-state index contributed by atoms with van der Waals surface area (Å²) in [5, 5.41) is 5.62. The molecule has 2 aromatic carbocycles. The second-order valence-electron chi connectivity index (χ2n) is 6.22. The highest BCUT2D eigenvalue weighted by Gasteiger charge is 2.14. The number of rotatable bonds is 5. The van der Waals surface area contributed by atoms with Gasteiger partial charge in [-0.2, -0.15) is 0 Å². The average Bonchev–Trinajstić information content (AvgIpc) is 2.62. The number of likely N-dealkylation sites (N-methyl/N-ethyl adjacent to an activating group) is 1. The summed E-state index contributed by atoms with van der Waals surface area (Å²) >= 11 is 0. The molecule has 1 aliphatic rings. The van der Waals surface area contributed by atoms with Crippen LogP contribution in [-0.4, -0.2) is 50.6 Å². The molecule has 0 aromatic heterocycles. The number of amides is 1. The van der Waals surface area contributed by atoms with Gasteiger partial charge >= 0.3 is 0 Å². The molecule has 2 N–H and O–H groups in total. The van der Waals surface area contributed by atoms with Gasteiger partial charge in [-0.3, -0.25) is 4.79 Å². The fraction of sp³-hybridized carbons (Fsp3) is 0.316. The number of piperazine rings is 1. The van der Waals surface area contributed by atoms with Gasteiger partial charge in [-0.05, 0) is 43.4 Å². The number of hydrogen-bond acceptors (Lipinski definition) is 4. The van der Waals surface area contributed by atoms with Crippen LogP contribution in [-0.2, 0) is 4.79 Å². The third-order valence-corrected chi connectivity index (χ3v) is 4.33. The topological polar surface area (TPSA) is 47.6 Å². The first kappa shape index (κ1) is 17.2. The van der Waals surface area contributed by atoms with Gasteiger partial charge in [0.1, 0.15) is 5.82 Å². The monoisotopic (exact) mass is 342 g/mol. The lowest BCUT2D eigenvalue weighted by atomic mass is 10.2. The molecule has 6 heteroatoms. The Labute approximate surface area is 147 Å². The number of para-hydroxylation sites is 1. The normalized spacial score (nSPS) is 15.0. The number of carbonyl (C=O) groups excluding carboxylic acids is 1. The van der Waals surface area contributed by atoms with Crippen molar-refractivity contribution in [1.82, 2.24) is 4.90 Å². The summed E-state index contributed by atoms with van der Waals surface area (Å²) in [6, 6.07) is 14.1. The van der Waals surface area contributed by atoms with Gasteiger partial charge in [0.2, 0.25) is 5.91 Å². The minimum absolute atomic E-state index is 0.0150. The number of nitrogens with one attached hydrogen (secondary N) is 2. The van der Waals surface area contributed by atoms with Crippen LogP contribution >= 0.6 is 0 Å². The maximum Gasteiger partial charge on any atom is 0.243 e. The van der Waals surface area contributed by atoms with E-state index < -0.39 is 0 Å². The van der Waals surface area contributed by atoms with E-state index in [-0.39, 0.29) is 18.3 Å². The maximum absolute atomic E-state index is 13.5. The van der Waals surface area contributed by atoms with Crippen LogP contribution in [0, 0.1) is 5.82 Å². The Kier molecular flexibility index (Phi) is 5.50. The first-order chi connectivity index (χ1) is 12.1. The summed E-state index contributed by atoms with van der Waals surface area (Å²) in [6.45, 7) is 4.14. The summed E-state index contributed by atoms with van der Waals surface area (Å²) in [7, 11) is 2.13. The van der Waals surface area contributed by atoms with E-state index >= 15 is 0 Å². The van der Waals surface area contributed by atoms with E-state index in [0.717, 1.165) is 37.6 Å². The highest BCUT2D eigenvalue weighted by Crippen LogP contribution is 2.19. The zero-order chi connectivity index (χ0) is 17.6. The van der Waals surface area contributed by atoms with E-state index in [2.05, 4.69) is 27.5 Å². The zero-order valence-corrected chi connectivity index (χ0v) is 14.3. The van der Waals surface area contributed by atoms with Gasteiger partial charge in [0.25, 0.3) is 0 Å². The highest BCUT2D eigenvalue weighted by molar-refractivity contribution is 5.93. The quantitative estimate of drug-likeness (QED) is 0.877. The predicted octanol–water partition coefficient (Wildman–Crippen LogP) is 2.63. The lowest BCUT2D eigenvalue weighted by Gasteiger charge is -2.34. The minimum atomic E-state index is -0.369. The molecule has 25 heavy (non-hydrogen) atoms. The van der Waals surface area contributed by atoms with Gasteiger partial charge in [0.05, 0.1) is 12.2 Å². The van der Waals surface area contributed by atoms with E-state index in [1.165, 1.54) is 6.07 Å². The van der Waals surface area contributed by atoms with Gasteiger partial charge in [-0.1, -0.05) is 12.1 Å². The molecule has 0 unspecified atom stereocenters. The van der Waals surface area contributed by atoms with Crippen LogP contribution in [0.4, 0.5) is 21.5 Å². The van der Waals surface area contributed by atoms with E-state index in [0.29, 0.717) is 5.69 Å². The molecule has 3 rings (SSSR count). The van der Waals surface area contributed by atoms with Crippen LogP contribution in [0.25, 0.3) is 0 Å². The summed E-state index contributed by atoms with van der Waals surface area (Å²) in [4.78, 5) is 16.7. The van der Waals surface area contributed by atoms with Crippen molar-refractivity contribution in [1.29, 1.82) is 0 Å². The molecule has 1 heterocycles. The molecule has 1 amide bonds. The Morgan fingerprint density at radius 2 is 1.72 bits per heavy atom. The van der Waals surface area contributed by atoms with Crippen molar-refractivity contribution in [3.05, 3.63) is 54.3 Å². The number of nitrogens with zero attached hydrogens (tertiary/aromatic N) is 2.